The Kier molecular flexibility index (Phi) is 6.95. The van der Waals surface area contributed by atoms with E-state index in [9.17, 15) is 29.4 Å². The lowest BCUT2D eigenvalue weighted by Crippen LogP contribution is -2.64. The molecule has 0 aromatic heterocycles. The molecule has 3 saturated heterocycles. The van der Waals surface area contributed by atoms with Crippen molar-refractivity contribution in [1.82, 2.24) is 15.1 Å². The lowest BCUT2D eigenvalue weighted by Gasteiger charge is -2.47. The minimum atomic E-state index is -1.39. The fourth-order valence-electron chi connectivity index (χ4n) is 6.09. The van der Waals surface area contributed by atoms with Crippen LogP contribution in [0.5, 0.6) is 0 Å². The molecule has 35 heavy (non-hydrogen) atoms. The molecule has 4 aliphatic rings. The van der Waals surface area contributed by atoms with Gasteiger partial charge in [0, 0.05) is 35.6 Å². The van der Waals surface area contributed by atoms with Crippen molar-refractivity contribution in [2.45, 2.75) is 56.2 Å². The number of carboxylic acid groups (broad SMARTS) is 1. The first-order chi connectivity index (χ1) is 16.3. The second-order valence-electron chi connectivity index (χ2n) is 10.8. The van der Waals surface area contributed by atoms with E-state index < -0.39 is 18.0 Å². The zero-order valence-electron chi connectivity index (χ0n) is 20.6. The fraction of sp³-hybridized carbons (Fsp3) is 0.739. The molecule has 3 fully saturated rings. The number of hydrogen-bond acceptors (Lipinski definition) is 8. The minimum absolute atomic E-state index is 0.0106. The number of aliphatic carboxylic acids is 1. The summed E-state index contributed by atoms with van der Waals surface area (Å²) in [6.45, 7) is 5.36. The largest absolute Gasteiger partial charge is 0.543 e. The standard InChI is InChI=1S/C23H35N5O6S/c1-11-18-17(12(2)29)22(32)27(18)19(23(33)34)20(11)35-14-7-15(25-8-14)21(31)26-6-5-13(9-26)28(3,4)10-16(24)30/h11-15,17-18,25,29H,5-10H2,1-4H3,(H2-,24,30,33,34)/t11?,12?,13?,14?,15?,17?,18-/m0/s1. The van der Waals surface area contributed by atoms with E-state index in [1.807, 2.05) is 25.9 Å². The predicted molar refractivity (Wildman–Crippen MR) is 126 cm³/mol. The number of β-lactam (4-membered cyclic amide) rings is 1. The van der Waals surface area contributed by atoms with Crippen LogP contribution in [-0.4, -0.2) is 113 Å². The highest BCUT2D eigenvalue weighted by Gasteiger charge is 2.59. The van der Waals surface area contributed by atoms with Crippen molar-refractivity contribution < 1.29 is 33.9 Å². The Hall–Kier alpha value is -2.15. The number of quaternary nitrogens is 1. The van der Waals surface area contributed by atoms with Crippen molar-refractivity contribution in [2.24, 2.45) is 17.6 Å². The van der Waals surface area contributed by atoms with Gasteiger partial charge in [-0.2, -0.15) is 0 Å². The molecule has 6 unspecified atom stereocenters. The van der Waals surface area contributed by atoms with Crippen LogP contribution in [0, 0.1) is 11.8 Å². The van der Waals surface area contributed by atoms with Gasteiger partial charge in [-0.25, -0.2) is 0 Å². The van der Waals surface area contributed by atoms with E-state index in [4.69, 9.17) is 5.73 Å². The fourth-order valence-corrected chi connectivity index (χ4v) is 7.57. The predicted octanol–water partition coefficient (Wildman–Crippen LogP) is -2.57. The molecule has 7 atom stereocenters. The number of aliphatic hydroxyl groups excluding tert-OH is 1. The maximum atomic E-state index is 13.2. The first-order valence-electron chi connectivity index (χ1n) is 12.1. The van der Waals surface area contributed by atoms with E-state index in [0.717, 1.165) is 6.42 Å². The zero-order valence-corrected chi connectivity index (χ0v) is 21.4. The van der Waals surface area contributed by atoms with Crippen LogP contribution in [0.4, 0.5) is 0 Å². The van der Waals surface area contributed by atoms with Crippen molar-refractivity contribution in [3.05, 3.63) is 10.6 Å². The number of nitrogens with one attached hydrogen (secondary N) is 1. The summed E-state index contributed by atoms with van der Waals surface area (Å²) < 4.78 is 0.442. The van der Waals surface area contributed by atoms with Crippen molar-refractivity contribution in [1.29, 1.82) is 0 Å². The molecule has 4 heterocycles. The van der Waals surface area contributed by atoms with Crippen LogP contribution >= 0.6 is 11.8 Å². The number of likely N-dealkylation sites (tertiary alicyclic amines) is 1. The Morgan fingerprint density at radius 1 is 1.34 bits per heavy atom. The molecule has 0 spiro atoms. The SMILES string of the molecule is CC(O)C1C(=O)N2C(C(=O)[O-])=C(SC3CNC(C(=O)N4CCC([N+](C)(C)CC(N)=O)C4)C3)C(C)[C@@H]12. The molecule has 0 aromatic rings. The smallest absolute Gasteiger partial charge is 0.272 e. The minimum Gasteiger partial charge on any atom is -0.543 e. The zero-order chi connectivity index (χ0) is 25.8. The monoisotopic (exact) mass is 509 g/mol. The van der Waals surface area contributed by atoms with Gasteiger partial charge in [-0.05, 0) is 13.3 Å². The molecule has 4 aliphatic heterocycles. The molecule has 12 heteroatoms. The Labute approximate surface area is 209 Å². The summed E-state index contributed by atoms with van der Waals surface area (Å²) in [5, 5.41) is 25.2. The quantitative estimate of drug-likeness (QED) is 0.238. The number of likely N-dealkylation sites (N-methyl/N-ethyl adjacent to an activating group) is 1. The molecule has 4 rings (SSSR count). The molecular formula is C23H35N5O6S. The van der Waals surface area contributed by atoms with E-state index in [1.54, 1.807) is 6.92 Å². The summed E-state index contributed by atoms with van der Waals surface area (Å²) in [6, 6.07) is -0.615. The van der Waals surface area contributed by atoms with Crippen LogP contribution in [0.1, 0.15) is 26.7 Å². The first kappa shape index (κ1) is 25.9. The summed E-state index contributed by atoms with van der Waals surface area (Å²) in [5.74, 6) is -2.98. The molecule has 0 bridgehead atoms. The molecule has 3 amide bonds. The lowest BCUT2D eigenvalue weighted by atomic mass is 9.79. The average Bonchev–Trinajstić information content (AvgIpc) is 3.46. The van der Waals surface area contributed by atoms with Crippen LogP contribution in [-0.2, 0) is 19.2 Å². The Balaban J connectivity index is 1.39. The summed E-state index contributed by atoms with van der Waals surface area (Å²) >= 11 is 1.39. The Morgan fingerprint density at radius 2 is 2.03 bits per heavy atom. The molecule has 4 N–H and O–H groups in total. The van der Waals surface area contributed by atoms with E-state index in [2.05, 4.69) is 5.32 Å². The van der Waals surface area contributed by atoms with E-state index >= 15 is 0 Å². The summed E-state index contributed by atoms with van der Waals surface area (Å²) in [7, 11) is 3.90. The molecular weight excluding hydrogens is 474 g/mol. The van der Waals surface area contributed by atoms with Gasteiger partial charge >= 0.3 is 0 Å². The third-order valence-corrected chi connectivity index (χ3v) is 9.52. The first-order valence-corrected chi connectivity index (χ1v) is 13.0. The van der Waals surface area contributed by atoms with Gasteiger partial charge in [-0.15, -0.1) is 11.8 Å². The molecule has 0 aromatic carbocycles. The van der Waals surface area contributed by atoms with E-state index in [-0.39, 0.29) is 59.3 Å². The van der Waals surface area contributed by atoms with Gasteiger partial charge in [-0.1, -0.05) is 6.92 Å². The number of amides is 3. The van der Waals surface area contributed by atoms with Gasteiger partial charge < -0.3 is 40.3 Å². The molecule has 0 aliphatic carbocycles. The van der Waals surface area contributed by atoms with Gasteiger partial charge in [0.25, 0.3) is 5.91 Å². The number of thioether (sulfide) groups is 1. The summed E-state index contributed by atoms with van der Waals surface area (Å²) in [5.41, 5.74) is 5.29. The number of carbonyl (C=O) groups excluding carboxylic acids is 4. The number of rotatable bonds is 8. The third-order valence-electron chi connectivity index (χ3n) is 8.01. The van der Waals surface area contributed by atoms with Gasteiger partial charge in [0.05, 0.1) is 56.4 Å². The number of carboxylic acids is 1. The van der Waals surface area contributed by atoms with Crippen LogP contribution < -0.4 is 16.2 Å². The number of carbonyl (C=O) groups is 4. The number of fused-ring (bicyclic) bond motifs is 1. The van der Waals surface area contributed by atoms with Crippen LogP contribution in [0.2, 0.25) is 0 Å². The second kappa shape index (κ2) is 9.38. The molecule has 194 valence electrons. The number of primary amides is 1. The highest BCUT2D eigenvalue weighted by Crippen LogP contribution is 2.51. The maximum Gasteiger partial charge on any atom is 0.272 e. The van der Waals surface area contributed by atoms with E-state index in [0.29, 0.717) is 35.4 Å². The van der Waals surface area contributed by atoms with Crippen LogP contribution in [0.15, 0.2) is 10.6 Å². The van der Waals surface area contributed by atoms with Crippen LogP contribution in [0.3, 0.4) is 0 Å². The number of nitrogens with two attached hydrogens (primary N) is 1. The van der Waals surface area contributed by atoms with Gasteiger partial charge in [-0.3, -0.25) is 14.4 Å². The normalized spacial score (nSPS) is 33.7. The van der Waals surface area contributed by atoms with Crippen molar-refractivity contribution in [3.8, 4) is 0 Å². The van der Waals surface area contributed by atoms with Crippen molar-refractivity contribution in [2.75, 3.05) is 40.3 Å². The van der Waals surface area contributed by atoms with Gasteiger partial charge in [0.1, 0.15) is 6.04 Å². The maximum absolute atomic E-state index is 13.2. The topological polar surface area (TPSA) is 156 Å². The summed E-state index contributed by atoms with van der Waals surface area (Å²) in [4.78, 5) is 52.7. The lowest BCUT2D eigenvalue weighted by molar-refractivity contribution is -0.905. The molecule has 0 saturated carbocycles. The van der Waals surface area contributed by atoms with Gasteiger partial charge in [0.15, 0.2) is 6.54 Å². The highest BCUT2D eigenvalue weighted by atomic mass is 32.2. The molecule has 11 nitrogen and oxygen atoms in total. The summed E-state index contributed by atoms with van der Waals surface area (Å²) in [6.07, 6.45) is 0.482. The van der Waals surface area contributed by atoms with Gasteiger partial charge in [0.2, 0.25) is 11.8 Å². The van der Waals surface area contributed by atoms with Crippen molar-refractivity contribution in [3.63, 3.8) is 0 Å². The Bertz CT molecular complexity index is 968. The second-order valence-corrected chi connectivity index (χ2v) is 12.2. The Morgan fingerprint density at radius 3 is 2.63 bits per heavy atom. The van der Waals surface area contributed by atoms with Crippen LogP contribution in [0.25, 0.3) is 0 Å². The highest BCUT2D eigenvalue weighted by molar-refractivity contribution is 8.03. The number of aliphatic hydroxyl groups is 1. The third kappa shape index (κ3) is 4.56. The van der Waals surface area contributed by atoms with E-state index in [1.165, 1.54) is 16.7 Å². The molecule has 0 radical (unpaired) electrons. The number of nitrogens with zero attached hydrogens (tertiary/aromatic N) is 3. The average molecular weight is 510 g/mol. The van der Waals surface area contributed by atoms with Crippen molar-refractivity contribution >= 4 is 35.5 Å². The number of hydrogen-bond donors (Lipinski definition) is 3.